The Morgan fingerprint density at radius 3 is 2.48 bits per heavy atom. The first-order valence-electron chi connectivity index (χ1n) is 8.35. The minimum absolute atomic E-state index is 0.0177. The summed E-state index contributed by atoms with van der Waals surface area (Å²) in [4.78, 5) is 12.1. The molecule has 1 amide bonds. The summed E-state index contributed by atoms with van der Waals surface area (Å²) >= 11 is 12.1. The maximum Gasteiger partial charge on any atom is 0.262 e. The third kappa shape index (κ3) is 4.73. The topological polar surface area (TPSA) is 75.7 Å². The average molecular weight is 429 g/mol. The number of hydrogen-bond acceptors (Lipinski definition) is 4. The Morgan fingerprint density at radius 1 is 1.07 bits per heavy atom. The van der Waals surface area contributed by atoms with Crippen LogP contribution in [0.25, 0.3) is 0 Å². The van der Waals surface area contributed by atoms with Crippen LogP contribution in [0.5, 0.6) is 5.75 Å². The molecule has 0 unspecified atom stereocenters. The first-order chi connectivity index (χ1) is 12.9. The zero-order chi connectivity index (χ0) is 19.4. The highest BCUT2D eigenvalue weighted by Crippen LogP contribution is 2.29. The second kappa shape index (κ2) is 8.48. The minimum atomic E-state index is -3.69. The van der Waals surface area contributed by atoms with E-state index in [1.54, 1.807) is 30.3 Å². The molecule has 0 bridgehead atoms. The third-order valence-electron chi connectivity index (χ3n) is 4.09. The summed E-state index contributed by atoms with van der Waals surface area (Å²) in [5.74, 6) is -0.0514. The summed E-state index contributed by atoms with van der Waals surface area (Å²) in [5, 5.41) is 3.13. The van der Waals surface area contributed by atoms with Gasteiger partial charge in [0.2, 0.25) is 10.0 Å². The van der Waals surface area contributed by atoms with Crippen LogP contribution in [0.15, 0.2) is 47.4 Å². The lowest BCUT2D eigenvalue weighted by Gasteiger charge is -2.17. The minimum Gasteiger partial charge on any atom is -0.482 e. The number of halogens is 2. The van der Waals surface area contributed by atoms with Crippen molar-refractivity contribution in [3.63, 3.8) is 0 Å². The maximum absolute atomic E-state index is 12.7. The number of nitrogens with one attached hydrogen (secondary N) is 1. The number of anilines is 1. The van der Waals surface area contributed by atoms with Crippen molar-refractivity contribution in [1.29, 1.82) is 0 Å². The number of amides is 1. The Balaban J connectivity index is 1.70. The molecule has 2 aromatic carbocycles. The molecule has 0 radical (unpaired) electrons. The van der Waals surface area contributed by atoms with Gasteiger partial charge in [0.05, 0.1) is 10.0 Å². The van der Waals surface area contributed by atoms with Crippen molar-refractivity contribution >= 4 is 44.8 Å². The van der Waals surface area contributed by atoms with Gasteiger partial charge in [-0.1, -0.05) is 35.3 Å². The van der Waals surface area contributed by atoms with E-state index in [0.717, 1.165) is 12.8 Å². The number of hydrogen-bond donors (Lipinski definition) is 1. The number of carbonyl (C=O) groups is 1. The van der Waals surface area contributed by atoms with Crippen molar-refractivity contribution in [2.24, 2.45) is 0 Å². The van der Waals surface area contributed by atoms with Gasteiger partial charge in [0, 0.05) is 18.8 Å². The third-order valence-corrected chi connectivity index (χ3v) is 6.79. The van der Waals surface area contributed by atoms with Gasteiger partial charge in [-0.2, -0.15) is 4.31 Å². The van der Waals surface area contributed by atoms with E-state index in [9.17, 15) is 13.2 Å². The van der Waals surface area contributed by atoms with Crippen LogP contribution in [0, 0.1) is 0 Å². The Bertz CT molecular complexity index is 944. The fourth-order valence-electron chi connectivity index (χ4n) is 2.75. The fraction of sp³-hybridized carbons (Fsp3) is 0.278. The van der Waals surface area contributed by atoms with E-state index in [1.807, 2.05) is 0 Å². The maximum atomic E-state index is 12.7. The van der Waals surface area contributed by atoms with Crippen molar-refractivity contribution in [1.82, 2.24) is 4.31 Å². The van der Waals surface area contributed by atoms with Crippen LogP contribution in [0.4, 0.5) is 5.69 Å². The lowest BCUT2D eigenvalue weighted by molar-refractivity contribution is -0.118. The Labute approximate surface area is 168 Å². The first kappa shape index (κ1) is 19.9. The SMILES string of the molecule is O=C(COc1ccccc1Cl)Nc1ccc(Cl)c(S(=O)(=O)N2CCCC2)c1. The van der Waals surface area contributed by atoms with Crippen molar-refractivity contribution in [2.75, 3.05) is 25.0 Å². The predicted molar refractivity (Wildman–Crippen MR) is 105 cm³/mol. The molecule has 0 atom stereocenters. The van der Waals surface area contributed by atoms with E-state index in [-0.39, 0.29) is 16.5 Å². The fourth-order valence-corrected chi connectivity index (χ4v) is 4.96. The molecule has 9 heteroatoms. The zero-order valence-electron chi connectivity index (χ0n) is 14.3. The van der Waals surface area contributed by atoms with Gasteiger partial charge in [0.1, 0.15) is 10.6 Å². The standard InChI is InChI=1S/C18H18Cl2N2O4S/c19-14-5-1-2-6-16(14)26-12-18(23)21-13-7-8-15(20)17(11-13)27(24,25)22-9-3-4-10-22/h1-2,5-8,11H,3-4,9-10,12H2,(H,21,23). The van der Waals surface area contributed by atoms with E-state index in [2.05, 4.69) is 5.32 Å². The molecule has 1 fully saturated rings. The number of benzene rings is 2. The number of carbonyl (C=O) groups excluding carboxylic acids is 1. The summed E-state index contributed by atoms with van der Waals surface area (Å²) in [6.07, 6.45) is 1.65. The van der Waals surface area contributed by atoms with Crippen LogP contribution in [0.3, 0.4) is 0 Å². The molecule has 0 aliphatic carbocycles. The summed E-state index contributed by atoms with van der Waals surface area (Å²) in [7, 11) is -3.69. The summed E-state index contributed by atoms with van der Waals surface area (Å²) in [6.45, 7) is 0.683. The van der Waals surface area contributed by atoms with E-state index in [1.165, 1.54) is 16.4 Å². The Morgan fingerprint density at radius 2 is 1.78 bits per heavy atom. The molecule has 1 aliphatic heterocycles. The average Bonchev–Trinajstić information content (AvgIpc) is 3.18. The van der Waals surface area contributed by atoms with Crippen molar-refractivity contribution < 1.29 is 17.9 Å². The summed E-state index contributed by atoms with van der Waals surface area (Å²) in [5.41, 5.74) is 0.324. The van der Waals surface area contributed by atoms with Gasteiger partial charge >= 0.3 is 0 Å². The molecule has 27 heavy (non-hydrogen) atoms. The Kier molecular flexibility index (Phi) is 6.26. The highest BCUT2D eigenvalue weighted by atomic mass is 35.5. The number of ether oxygens (including phenoxy) is 1. The molecule has 0 spiro atoms. The molecule has 0 saturated carbocycles. The van der Waals surface area contributed by atoms with Gasteiger partial charge in [0.25, 0.3) is 5.91 Å². The molecule has 1 N–H and O–H groups in total. The van der Waals surface area contributed by atoms with Crippen LogP contribution in [0.1, 0.15) is 12.8 Å². The van der Waals surface area contributed by atoms with Gasteiger partial charge in [-0.15, -0.1) is 0 Å². The van der Waals surface area contributed by atoms with E-state index in [4.69, 9.17) is 27.9 Å². The molecule has 3 rings (SSSR count). The summed E-state index contributed by atoms with van der Waals surface area (Å²) in [6, 6.07) is 11.2. The normalized spacial score (nSPS) is 14.9. The molecule has 6 nitrogen and oxygen atoms in total. The van der Waals surface area contributed by atoms with Crippen LogP contribution >= 0.6 is 23.2 Å². The smallest absolute Gasteiger partial charge is 0.262 e. The van der Waals surface area contributed by atoms with E-state index >= 15 is 0 Å². The van der Waals surface area contributed by atoms with Gasteiger partial charge < -0.3 is 10.1 Å². The molecule has 2 aromatic rings. The van der Waals surface area contributed by atoms with Crippen LogP contribution in [-0.4, -0.2) is 38.3 Å². The highest BCUT2D eigenvalue weighted by Gasteiger charge is 2.29. The predicted octanol–water partition coefficient (Wildman–Crippen LogP) is 3.80. The van der Waals surface area contributed by atoms with E-state index < -0.39 is 15.9 Å². The molecular weight excluding hydrogens is 411 g/mol. The molecule has 1 heterocycles. The monoisotopic (exact) mass is 428 g/mol. The molecule has 0 aromatic heterocycles. The van der Waals surface area contributed by atoms with Crippen LogP contribution < -0.4 is 10.1 Å². The lowest BCUT2D eigenvalue weighted by atomic mass is 10.3. The first-order valence-corrected chi connectivity index (χ1v) is 10.5. The number of rotatable bonds is 6. The summed E-state index contributed by atoms with van der Waals surface area (Å²) < 4.78 is 32.2. The zero-order valence-corrected chi connectivity index (χ0v) is 16.6. The van der Waals surface area contributed by atoms with Gasteiger partial charge in [-0.25, -0.2) is 8.42 Å². The molecule has 144 valence electrons. The largest absolute Gasteiger partial charge is 0.482 e. The van der Waals surface area contributed by atoms with Gasteiger partial charge in [-0.05, 0) is 43.2 Å². The van der Waals surface area contributed by atoms with Crippen LogP contribution in [-0.2, 0) is 14.8 Å². The molecular formula is C18H18Cl2N2O4S. The molecule has 1 saturated heterocycles. The van der Waals surface area contributed by atoms with Crippen molar-refractivity contribution in [2.45, 2.75) is 17.7 Å². The van der Waals surface area contributed by atoms with E-state index in [0.29, 0.717) is 29.5 Å². The molecule has 1 aliphatic rings. The van der Waals surface area contributed by atoms with Gasteiger partial charge in [-0.3, -0.25) is 4.79 Å². The van der Waals surface area contributed by atoms with Crippen molar-refractivity contribution in [3.8, 4) is 5.75 Å². The second-order valence-corrected chi connectivity index (χ2v) is 8.74. The highest BCUT2D eigenvalue weighted by molar-refractivity contribution is 7.89. The quantitative estimate of drug-likeness (QED) is 0.758. The van der Waals surface area contributed by atoms with Crippen LogP contribution in [0.2, 0.25) is 10.0 Å². The number of sulfonamides is 1. The van der Waals surface area contributed by atoms with Crippen molar-refractivity contribution in [3.05, 3.63) is 52.5 Å². The second-order valence-electron chi connectivity index (χ2n) is 6.02. The number of nitrogens with zero attached hydrogens (tertiary/aromatic N) is 1. The lowest BCUT2D eigenvalue weighted by Crippen LogP contribution is -2.28. The Hall–Kier alpha value is -1.80. The van der Waals surface area contributed by atoms with Gasteiger partial charge in [0.15, 0.2) is 6.61 Å². The number of para-hydroxylation sites is 1.